The maximum atomic E-state index is 12.5. The van der Waals surface area contributed by atoms with Crippen molar-refractivity contribution >= 4 is 0 Å². The van der Waals surface area contributed by atoms with Crippen molar-refractivity contribution in [2.45, 2.75) is 19.5 Å². The zero-order valence-electron chi connectivity index (χ0n) is 16.7. The van der Waals surface area contributed by atoms with Gasteiger partial charge in [0.05, 0.1) is 33.3 Å². The molecule has 1 N–H and O–H groups in total. The van der Waals surface area contributed by atoms with E-state index in [1.165, 1.54) is 0 Å². The molecule has 8 nitrogen and oxygen atoms in total. The minimum atomic E-state index is -0.107. The molecule has 0 spiro atoms. The third-order valence-electron chi connectivity index (χ3n) is 5.09. The van der Waals surface area contributed by atoms with Gasteiger partial charge in [-0.3, -0.25) is 9.69 Å². The maximum absolute atomic E-state index is 12.5. The van der Waals surface area contributed by atoms with Crippen molar-refractivity contribution in [1.29, 1.82) is 0 Å². The molecular formula is C21H23N3O5. The standard InChI is InChI=1S/C21H23N3O5/c1-26-17-10-19(28-3)18(27-2)9-13(17)11-24-7-6-14-15(12-24)22-20(23-21(14)25)16-5-4-8-29-16/h4-5,8-10H,6-7,11-12H2,1-3H3,(H,22,23,25). The lowest BCUT2D eigenvalue weighted by molar-refractivity contribution is 0.236. The highest BCUT2D eigenvalue weighted by Crippen LogP contribution is 2.35. The number of furan rings is 1. The van der Waals surface area contributed by atoms with Crippen LogP contribution in [0.15, 0.2) is 39.7 Å². The third kappa shape index (κ3) is 3.71. The molecule has 0 atom stereocenters. The Kier molecular flexibility index (Phi) is 5.26. The van der Waals surface area contributed by atoms with Crippen LogP contribution in [-0.4, -0.2) is 42.7 Å². The highest BCUT2D eigenvalue weighted by Gasteiger charge is 2.23. The Morgan fingerprint density at radius 2 is 1.90 bits per heavy atom. The molecule has 0 amide bonds. The molecule has 4 rings (SSSR count). The molecule has 8 heteroatoms. The molecule has 0 fully saturated rings. The van der Waals surface area contributed by atoms with Gasteiger partial charge in [-0.25, -0.2) is 4.98 Å². The van der Waals surface area contributed by atoms with Gasteiger partial charge in [0, 0.05) is 36.8 Å². The van der Waals surface area contributed by atoms with E-state index in [0.717, 1.165) is 29.1 Å². The largest absolute Gasteiger partial charge is 0.496 e. The lowest BCUT2D eigenvalue weighted by atomic mass is 10.0. The molecule has 0 saturated heterocycles. The number of hydrogen-bond acceptors (Lipinski definition) is 7. The van der Waals surface area contributed by atoms with E-state index in [1.54, 1.807) is 39.7 Å². The Hall–Kier alpha value is -3.26. The van der Waals surface area contributed by atoms with Gasteiger partial charge >= 0.3 is 0 Å². The van der Waals surface area contributed by atoms with Gasteiger partial charge in [-0.2, -0.15) is 0 Å². The first kappa shape index (κ1) is 19.1. The molecule has 3 heterocycles. The van der Waals surface area contributed by atoms with Crippen LogP contribution >= 0.6 is 0 Å². The first-order chi connectivity index (χ1) is 14.1. The van der Waals surface area contributed by atoms with Crippen molar-refractivity contribution in [2.24, 2.45) is 0 Å². The molecule has 0 saturated carbocycles. The molecule has 0 unspecified atom stereocenters. The van der Waals surface area contributed by atoms with E-state index in [-0.39, 0.29) is 5.56 Å². The number of fused-ring (bicyclic) bond motifs is 1. The van der Waals surface area contributed by atoms with Crippen LogP contribution in [0.1, 0.15) is 16.8 Å². The lowest BCUT2D eigenvalue weighted by Gasteiger charge is -2.28. The molecule has 29 heavy (non-hydrogen) atoms. The van der Waals surface area contributed by atoms with Gasteiger partial charge in [0.2, 0.25) is 0 Å². The summed E-state index contributed by atoms with van der Waals surface area (Å²) in [6.45, 7) is 1.94. The van der Waals surface area contributed by atoms with Crippen LogP contribution in [0.3, 0.4) is 0 Å². The number of hydrogen-bond donors (Lipinski definition) is 1. The highest BCUT2D eigenvalue weighted by molar-refractivity contribution is 5.51. The summed E-state index contributed by atoms with van der Waals surface area (Å²) in [7, 11) is 4.84. The van der Waals surface area contributed by atoms with Crippen molar-refractivity contribution in [3.8, 4) is 28.8 Å². The summed E-state index contributed by atoms with van der Waals surface area (Å²) >= 11 is 0. The number of nitrogens with zero attached hydrogens (tertiary/aromatic N) is 2. The van der Waals surface area contributed by atoms with Crippen molar-refractivity contribution in [1.82, 2.24) is 14.9 Å². The third-order valence-corrected chi connectivity index (χ3v) is 5.09. The summed E-state index contributed by atoms with van der Waals surface area (Å²) in [5, 5.41) is 0. The molecule has 1 aromatic carbocycles. The Morgan fingerprint density at radius 1 is 1.14 bits per heavy atom. The summed E-state index contributed by atoms with van der Waals surface area (Å²) in [5.41, 5.74) is 2.37. The number of rotatable bonds is 6. The van der Waals surface area contributed by atoms with E-state index >= 15 is 0 Å². The zero-order chi connectivity index (χ0) is 20.4. The van der Waals surface area contributed by atoms with Crippen molar-refractivity contribution in [2.75, 3.05) is 27.9 Å². The van der Waals surface area contributed by atoms with Gasteiger partial charge in [-0.05, 0) is 24.6 Å². The first-order valence-electron chi connectivity index (χ1n) is 9.30. The molecule has 3 aromatic rings. The van der Waals surface area contributed by atoms with E-state index in [9.17, 15) is 4.79 Å². The minimum Gasteiger partial charge on any atom is -0.496 e. The molecular weight excluding hydrogens is 374 g/mol. The van der Waals surface area contributed by atoms with Crippen LogP contribution in [0.25, 0.3) is 11.6 Å². The average molecular weight is 397 g/mol. The van der Waals surface area contributed by atoms with Crippen LogP contribution in [0.4, 0.5) is 0 Å². The predicted octanol–water partition coefficient (Wildman–Crippen LogP) is 2.61. The molecule has 152 valence electrons. The van der Waals surface area contributed by atoms with E-state index in [2.05, 4.69) is 14.9 Å². The summed E-state index contributed by atoms with van der Waals surface area (Å²) in [4.78, 5) is 22.2. The van der Waals surface area contributed by atoms with Crippen LogP contribution < -0.4 is 19.8 Å². The number of methoxy groups -OCH3 is 3. The second kappa shape index (κ2) is 8.00. The Bertz CT molecular complexity index is 1060. The fraction of sp³-hybridized carbons (Fsp3) is 0.333. The maximum Gasteiger partial charge on any atom is 0.254 e. The van der Waals surface area contributed by atoms with Crippen LogP contribution in [-0.2, 0) is 19.5 Å². The highest BCUT2D eigenvalue weighted by atomic mass is 16.5. The van der Waals surface area contributed by atoms with Gasteiger partial charge in [0.25, 0.3) is 5.56 Å². The number of aromatic amines is 1. The van der Waals surface area contributed by atoms with Gasteiger partial charge in [-0.1, -0.05) is 0 Å². The second-order valence-corrected chi connectivity index (χ2v) is 6.80. The molecule has 2 aromatic heterocycles. The summed E-state index contributed by atoms with van der Waals surface area (Å²) in [6.07, 6.45) is 2.19. The summed E-state index contributed by atoms with van der Waals surface area (Å²) in [5.74, 6) is 2.99. The number of benzene rings is 1. The minimum absolute atomic E-state index is 0.107. The van der Waals surface area contributed by atoms with Crippen molar-refractivity contribution in [3.05, 3.63) is 57.7 Å². The fourth-order valence-corrected chi connectivity index (χ4v) is 3.62. The van der Waals surface area contributed by atoms with Gasteiger partial charge in [0.15, 0.2) is 23.1 Å². The van der Waals surface area contributed by atoms with Gasteiger partial charge < -0.3 is 23.6 Å². The topological polar surface area (TPSA) is 89.8 Å². The molecule has 1 aliphatic rings. The first-order valence-corrected chi connectivity index (χ1v) is 9.30. The Balaban J connectivity index is 1.61. The quantitative estimate of drug-likeness (QED) is 0.684. The number of H-pyrrole nitrogens is 1. The van der Waals surface area contributed by atoms with Crippen molar-refractivity contribution in [3.63, 3.8) is 0 Å². The summed E-state index contributed by atoms with van der Waals surface area (Å²) in [6, 6.07) is 7.29. The number of aromatic nitrogens is 2. The Morgan fingerprint density at radius 3 is 2.59 bits per heavy atom. The van der Waals surface area contributed by atoms with Crippen molar-refractivity contribution < 1.29 is 18.6 Å². The van der Waals surface area contributed by atoms with Gasteiger partial charge in [0.1, 0.15) is 5.75 Å². The molecule has 0 bridgehead atoms. The van der Waals surface area contributed by atoms with Crippen LogP contribution in [0.2, 0.25) is 0 Å². The van der Waals surface area contributed by atoms with E-state index in [1.807, 2.05) is 12.1 Å². The summed E-state index contributed by atoms with van der Waals surface area (Å²) < 4.78 is 21.7. The number of nitrogens with one attached hydrogen (secondary N) is 1. The predicted molar refractivity (Wildman–Crippen MR) is 106 cm³/mol. The fourth-order valence-electron chi connectivity index (χ4n) is 3.62. The molecule has 0 aliphatic carbocycles. The molecule has 1 aliphatic heterocycles. The van der Waals surface area contributed by atoms with Crippen LogP contribution in [0, 0.1) is 0 Å². The SMILES string of the molecule is COc1cc(OC)c(OC)cc1CN1CCc2c(nc(-c3ccco3)[nH]c2=O)C1. The zero-order valence-corrected chi connectivity index (χ0v) is 16.7. The normalized spacial score (nSPS) is 13.8. The second-order valence-electron chi connectivity index (χ2n) is 6.80. The van der Waals surface area contributed by atoms with Crippen LogP contribution in [0.5, 0.6) is 17.2 Å². The number of ether oxygens (including phenoxy) is 3. The van der Waals surface area contributed by atoms with Gasteiger partial charge in [-0.15, -0.1) is 0 Å². The average Bonchev–Trinajstić information content (AvgIpc) is 3.28. The van der Waals surface area contributed by atoms with E-state index in [4.69, 9.17) is 18.6 Å². The van der Waals surface area contributed by atoms with E-state index < -0.39 is 0 Å². The Labute approximate surface area is 168 Å². The molecule has 0 radical (unpaired) electrons. The smallest absolute Gasteiger partial charge is 0.254 e. The van der Waals surface area contributed by atoms with E-state index in [0.29, 0.717) is 42.6 Å². The monoisotopic (exact) mass is 397 g/mol. The lowest BCUT2D eigenvalue weighted by Crippen LogP contribution is -2.35.